The van der Waals surface area contributed by atoms with E-state index in [1.54, 1.807) is 18.2 Å². The fraction of sp³-hybridized carbons (Fsp3) is 0. The van der Waals surface area contributed by atoms with Gasteiger partial charge in [0.15, 0.2) is 5.76 Å². The maximum absolute atomic E-state index is 12.3. The number of nitrogens with one attached hydrogen (secondary N) is 1. The summed E-state index contributed by atoms with van der Waals surface area (Å²) in [5.74, 6) is -2.02. The molecule has 0 saturated carbocycles. The number of benzene rings is 2. The van der Waals surface area contributed by atoms with Crippen molar-refractivity contribution in [3.8, 4) is 22.8 Å². The van der Waals surface area contributed by atoms with Crippen molar-refractivity contribution in [2.24, 2.45) is 0 Å². The number of halogens is 2. The molecule has 0 saturated heterocycles. The first-order valence-corrected chi connectivity index (χ1v) is 9.11. The third-order valence-electron chi connectivity index (χ3n) is 3.32. The lowest BCUT2D eigenvalue weighted by Crippen LogP contribution is -2.12. The van der Waals surface area contributed by atoms with Crippen molar-refractivity contribution >= 4 is 39.1 Å². The van der Waals surface area contributed by atoms with Gasteiger partial charge < -0.3 is 14.6 Å². The summed E-state index contributed by atoms with van der Waals surface area (Å²) in [6.45, 7) is 0. The lowest BCUT2D eigenvalue weighted by molar-refractivity contribution is 0.410. The molecule has 0 amide bonds. The highest BCUT2D eigenvalue weighted by molar-refractivity contribution is 7.92. The predicted octanol–water partition coefficient (Wildman–Crippen LogP) is 4.47. The van der Waals surface area contributed by atoms with E-state index in [9.17, 15) is 18.6 Å². The second kappa shape index (κ2) is 6.51. The summed E-state index contributed by atoms with van der Waals surface area (Å²) in [5, 5.41) is 20.5. The molecular formula is C16H11Cl2NO5S. The molecule has 9 heteroatoms. The summed E-state index contributed by atoms with van der Waals surface area (Å²) in [6, 6.07) is 11.9. The van der Waals surface area contributed by atoms with Gasteiger partial charge in [-0.05, 0) is 30.3 Å². The minimum Gasteiger partial charge on any atom is -0.502 e. The molecule has 0 aliphatic carbocycles. The monoisotopic (exact) mass is 399 g/mol. The van der Waals surface area contributed by atoms with Gasteiger partial charge in [0.1, 0.15) is 0 Å². The van der Waals surface area contributed by atoms with Crippen molar-refractivity contribution < 1.29 is 23.0 Å². The van der Waals surface area contributed by atoms with Crippen LogP contribution in [0, 0.1) is 0 Å². The molecule has 25 heavy (non-hydrogen) atoms. The molecule has 0 atom stereocenters. The largest absolute Gasteiger partial charge is 0.502 e. The van der Waals surface area contributed by atoms with Crippen LogP contribution < -0.4 is 4.72 Å². The lowest BCUT2D eigenvalue weighted by atomic mass is 10.1. The third-order valence-corrected chi connectivity index (χ3v) is 5.41. The highest BCUT2D eigenvalue weighted by atomic mass is 35.5. The second-order valence-electron chi connectivity index (χ2n) is 5.00. The van der Waals surface area contributed by atoms with Crippen molar-refractivity contribution in [3.63, 3.8) is 0 Å². The van der Waals surface area contributed by atoms with Crippen molar-refractivity contribution in [2.75, 3.05) is 4.72 Å². The molecule has 0 unspecified atom stereocenters. The van der Waals surface area contributed by atoms with Crippen LogP contribution in [0.1, 0.15) is 0 Å². The van der Waals surface area contributed by atoms with E-state index in [1.165, 1.54) is 30.3 Å². The number of furan rings is 1. The molecule has 3 N–H and O–H groups in total. The smallest absolute Gasteiger partial charge is 0.264 e. The Hall–Kier alpha value is -2.35. The van der Waals surface area contributed by atoms with Crippen LogP contribution in [0.5, 0.6) is 11.5 Å². The summed E-state index contributed by atoms with van der Waals surface area (Å²) in [5.41, 5.74) is 0.312. The number of anilines is 1. The maximum atomic E-state index is 12.3. The molecular weight excluding hydrogens is 389 g/mol. The fourth-order valence-electron chi connectivity index (χ4n) is 2.10. The zero-order chi connectivity index (χ0) is 18.2. The van der Waals surface area contributed by atoms with E-state index in [0.29, 0.717) is 10.6 Å². The lowest BCUT2D eigenvalue weighted by Gasteiger charge is -2.05. The quantitative estimate of drug-likeness (QED) is 0.600. The SMILES string of the molecule is O=S(=O)(Nc1oc(-c2ccc(Cl)c(Cl)c2)c(O)c1O)c1ccccc1. The predicted molar refractivity (Wildman–Crippen MR) is 94.7 cm³/mol. The van der Waals surface area contributed by atoms with Gasteiger partial charge in [-0.3, -0.25) is 0 Å². The molecule has 1 aromatic heterocycles. The van der Waals surface area contributed by atoms with Crippen LogP contribution in [0.25, 0.3) is 11.3 Å². The van der Waals surface area contributed by atoms with Crippen molar-refractivity contribution in [2.45, 2.75) is 4.90 Å². The van der Waals surface area contributed by atoms with Crippen LogP contribution in [0.15, 0.2) is 57.8 Å². The summed E-state index contributed by atoms with van der Waals surface area (Å²) >= 11 is 11.8. The van der Waals surface area contributed by atoms with Gasteiger partial charge >= 0.3 is 0 Å². The number of hydrogen-bond acceptors (Lipinski definition) is 5. The summed E-state index contributed by atoms with van der Waals surface area (Å²) in [4.78, 5) is -0.0265. The Bertz CT molecular complexity index is 1030. The van der Waals surface area contributed by atoms with Crippen LogP contribution in [0.4, 0.5) is 5.88 Å². The topological polar surface area (TPSA) is 99.8 Å². The summed E-state index contributed by atoms with van der Waals surface area (Å²) in [6.07, 6.45) is 0. The molecule has 0 radical (unpaired) electrons. The second-order valence-corrected chi connectivity index (χ2v) is 7.50. The average molecular weight is 400 g/mol. The minimum atomic E-state index is -4.00. The minimum absolute atomic E-state index is 0.0265. The van der Waals surface area contributed by atoms with E-state index in [2.05, 4.69) is 4.72 Å². The molecule has 0 aliphatic heterocycles. The number of hydrogen-bond donors (Lipinski definition) is 3. The number of aromatic hydroxyl groups is 2. The van der Waals surface area contributed by atoms with Gasteiger partial charge in [0, 0.05) is 5.56 Å². The molecule has 130 valence electrons. The van der Waals surface area contributed by atoms with E-state index >= 15 is 0 Å². The Morgan fingerprint density at radius 2 is 1.60 bits per heavy atom. The van der Waals surface area contributed by atoms with E-state index in [-0.39, 0.29) is 15.7 Å². The zero-order valence-electron chi connectivity index (χ0n) is 12.4. The molecule has 0 fully saturated rings. The summed E-state index contributed by atoms with van der Waals surface area (Å²) < 4.78 is 32.0. The first-order chi connectivity index (χ1) is 11.8. The van der Waals surface area contributed by atoms with Crippen molar-refractivity contribution in [3.05, 3.63) is 58.6 Å². The highest BCUT2D eigenvalue weighted by Crippen LogP contribution is 2.46. The van der Waals surface area contributed by atoms with Crippen molar-refractivity contribution in [1.29, 1.82) is 0 Å². The van der Waals surface area contributed by atoms with Crippen LogP contribution in [-0.2, 0) is 10.0 Å². The van der Waals surface area contributed by atoms with Gasteiger partial charge in [-0.25, -0.2) is 13.1 Å². The highest BCUT2D eigenvalue weighted by Gasteiger charge is 2.25. The maximum Gasteiger partial charge on any atom is 0.264 e. The Kier molecular flexibility index (Phi) is 4.55. The van der Waals surface area contributed by atoms with Crippen LogP contribution in [-0.4, -0.2) is 18.6 Å². The van der Waals surface area contributed by atoms with E-state index in [1.807, 2.05) is 0 Å². The standard InChI is InChI=1S/C16H11Cl2NO5S/c17-11-7-6-9(8-12(11)18)15-13(20)14(21)16(24-15)19-25(22,23)10-4-2-1-3-5-10/h1-8,19-21H. The van der Waals surface area contributed by atoms with Gasteiger partial charge in [0.25, 0.3) is 15.9 Å². The van der Waals surface area contributed by atoms with Gasteiger partial charge in [-0.2, -0.15) is 0 Å². The van der Waals surface area contributed by atoms with Crippen LogP contribution >= 0.6 is 23.2 Å². The molecule has 1 heterocycles. The first kappa shape index (κ1) is 17.5. The van der Waals surface area contributed by atoms with E-state index in [0.717, 1.165) is 0 Å². The third kappa shape index (κ3) is 3.39. The Morgan fingerprint density at radius 3 is 2.24 bits per heavy atom. The Morgan fingerprint density at radius 1 is 0.920 bits per heavy atom. The average Bonchev–Trinajstić information content (AvgIpc) is 2.86. The first-order valence-electron chi connectivity index (χ1n) is 6.87. The normalized spacial score (nSPS) is 11.4. The van der Waals surface area contributed by atoms with Crippen molar-refractivity contribution in [1.82, 2.24) is 0 Å². The molecule has 3 aromatic rings. The molecule has 3 rings (SSSR count). The van der Waals surface area contributed by atoms with Crippen LogP contribution in [0.3, 0.4) is 0 Å². The van der Waals surface area contributed by atoms with Gasteiger partial charge in [-0.1, -0.05) is 41.4 Å². The molecule has 0 spiro atoms. The van der Waals surface area contributed by atoms with Crippen LogP contribution in [0.2, 0.25) is 10.0 Å². The number of rotatable bonds is 4. The van der Waals surface area contributed by atoms with E-state index < -0.39 is 27.4 Å². The Labute approximate surface area is 153 Å². The van der Waals surface area contributed by atoms with Gasteiger partial charge in [0.05, 0.1) is 14.9 Å². The fourth-order valence-corrected chi connectivity index (χ4v) is 3.41. The summed E-state index contributed by atoms with van der Waals surface area (Å²) in [7, 11) is -4.00. The molecule has 2 aromatic carbocycles. The molecule has 0 aliphatic rings. The Balaban J connectivity index is 2.01. The molecule has 0 bridgehead atoms. The number of sulfonamides is 1. The van der Waals surface area contributed by atoms with Gasteiger partial charge in [0.2, 0.25) is 11.5 Å². The van der Waals surface area contributed by atoms with Gasteiger partial charge in [-0.15, -0.1) is 0 Å². The van der Waals surface area contributed by atoms with E-state index in [4.69, 9.17) is 27.6 Å². The zero-order valence-corrected chi connectivity index (χ0v) is 14.7. The molecule has 6 nitrogen and oxygen atoms in total.